The lowest BCUT2D eigenvalue weighted by atomic mass is 9.85. The quantitative estimate of drug-likeness (QED) is 0.256. The van der Waals surface area contributed by atoms with Gasteiger partial charge in [-0.25, -0.2) is 18.2 Å². The SMILES string of the molecule is C=C[C@@H]1C[C@]1(NC(=O)[C@@H]1C[C@@H]2CN1C(=O)[C@H](C(C)(C)C)NC(=O)OCCCCCCc1cc3c(cc(-c4ccccc4)nc3cc1OC)O2)C(=O)NS(=O)(=O)C1CC1. The summed E-state index contributed by atoms with van der Waals surface area (Å²) in [6.07, 6.45) is 5.10. The second-order valence-electron chi connectivity index (χ2n) is 17.0. The van der Waals surface area contributed by atoms with Gasteiger partial charge in [0, 0.05) is 35.4 Å². The van der Waals surface area contributed by atoms with Crippen LogP contribution in [-0.4, -0.2) is 91.4 Å². The summed E-state index contributed by atoms with van der Waals surface area (Å²) in [5, 5.41) is 5.70. The molecule has 3 N–H and O–H groups in total. The van der Waals surface area contributed by atoms with E-state index >= 15 is 0 Å². The molecule has 3 fully saturated rings. The number of carbonyl (C=O) groups is 4. The second kappa shape index (κ2) is 16.2. The Labute approximate surface area is 339 Å². The molecule has 3 aromatic rings. The molecule has 4 aliphatic rings. The molecule has 5 atom stereocenters. The minimum absolute atomic E-state index is 0.0310. The minimum Gasteiger partial charge on any atom is -0.496 e. The van der Waals surface area contributed by atoms with Crippen LogP contribution < -0.4 is 24.8 Å². The van der Waals surface area contributed by atoms with Gasteiger partial charge in [0.1, 0.15) is 35.2 Å². The van der Waals surface area contributed by atoms with E-state index in [1.165, 1.54) is 11.0 Å². The molecule has 1 aromatic heterocycles. The van der Waals surface area contributed by atoms with E-state index < -0.39 is 74.1 Å². The number of carbonyl (C=O) groups excluding carboxylic acids is 4. The van der Waals surface area contributed by atoms with Gasteiger partial charge in [0.2, 0.25) is 21.8 Å². The molecule has 7 rings (SSSR count). The fourth-order valence-electron chi connectivity index (χ4n) is 7.99. The highest BCUT2D eigenvalue weighted by atomic mass is 32.2. The van der Waals surface area contributed by atoms with Gasteiger partial charge < -0.3 is 29.7 Å². The number of alkyl carbamates (subject to hydrolysis) is 1. The lowest BCUT2D eigenvalue weighted by molar-refractivity contribution is -0.142. The number of nitrogens with one attached hydrogen (secondary N) is 3. The summed E-state index contributed by atoms with van der Waals surface area (Å²) < 4.78 is 46.0. The van der Waals surface area contributed by atoms with Crippen LogP contribution in [0.5, 0.6) is 11.5 Å². The number of fused-ring (bicyclic) bond motifs is 3. The predicted molar refractivity (Wildman–Crippen MR) is 217 cm³/mol. The Hall–Kier alpha value is -5.18. The van der Waals surface area contributed by atoms with Crippen LogP contribution in [0.4, 0.5) is 4.79 Å². The van der Waals surface area contributed by atoms with E-state index in [2.05, 4.69) is 21.9 Å². The summed E-state index contributed by atoms with van der Waals surface area (Å²) in [6.45, 7) is 9.37. The minimum atomic E-state index is -3.91. The number of rotatable bonds is 8. The summed E-state index contributed by atoms with van der Waals surface area (Å²) in [7, 11) is -2.28. The number of aromatic nitrogens is 1. The van der Waals surface area contributed by atoms with Crippen molar-refractivity contribution in [3.8, 4) is 22.8 Å². The monoisotopic (exact) mass is 815 g/mol. The number of cyclic esters (lactones) is 1. The number of hydrogen-bond acceptors (Lipinski definition) is 10. The van der Waals surface area contributed by atoms with Crippen LogP contribution in [0.15, 0.2) is 61.2 Å². The first-order chi connectivity index (χ1) is 27.6. The maximum absolute atomic E-state index is 14.7. The van der Waals surface area contributed by atoms with Gasteiger partial charge in [0.25, 0.3) is 5.91 Å². The number of hydrogen-bond donors (Lipinski definition) is 3. The number of nitrogens with zero attached hydrogens (tertiary/aromatic N) is 2. The van der Waals surface area contributed by atoms with E-state index in [0.29, 0.717) is 42.0 Å². The molecule has 58 heavy (non-hydrogen) atoms. The van der Waals surface area contributed by atoms with Crippen molar-refractivity contribution in [1.29, 1.82) is 0 Å². The van der Waals surface area contributed by atoms with Crippen molar-refractivity contribution in [2.24, 2.45) is 11.3 Å². The number of benzene rings is 2. The smallest absolute Gasteiger partial charge is 0.407 e. The Morgan fingerprint density at radius 3 is 2.48 bits per heavy atom. The first-order valence-corrected chi connectivity index (χ1v) is 21.7. The molecule has 15 heteroatoms. The molecule has 310 valence electrons. The molecular formula is C43H53N5O9S. The second-order valence-corrected chi connectivity index (χ2v) is 18.9. The van der Waals surface area contributed by atoms with E-state index in [1.54, 1.807) is 7.11 Å². The maximum Gasteiger partial charge on any atom is 0.407 e. The molecule has 2 aliphatic carbocycles. The van der Waals surface area contributed by atoms with E-state index in [9.17, 15) is 27.6 Å². The van der Waals surface area contributed by atoms with Gasteiger partial charge in [-0.1, -0.05) is 70.0 Å². The standard InChI is InChI=1S/C43H53N5O9S/c1-6-28-24-43(28,40(51)47-58(53,54)30-17-18-30)46-38(49)34-21-29-25-48(34)39(50)37(42(2,3)4)45-41(52)56-19-13-8-7-10-16-27-20-31-33(23-35(27)55-5)44-32(22-36(31)57-29)26-14-11-9-12-15-26/h6,9,11-12,14-15,20,22-23,28-30,34,37H,1,7-8,10,13,16-19,21,24-25H2,2-5H3,(H,45,52)(H,46,49)(H,47,51)/t28-,29-,34+,37-,43-/m1/s1. The molecule has 0 radical (unpaired) electrons. The van der Waals surface area contributed by atoms with Gasteiger partial charge in [-0.05, 0) is 55.6 Å². The Morgan fingerprint density at radius 1 is 1.07 bits per heavy atom. The Morgan fingerprint density at radius 2 is 1.81 bits per heavy atom. The van der Waals surface area contributed by atoms with Crippen molar-refractivity contribution in [2.45, 2.75) is 108 Å². The highest BCUT2D eigenvalue weighted by Crippen LogP contribution is 2.46. The van der Waals surface area contributed by atoms with Crippen LogP contribution in [0.3, 0.4) is 0 Å². The van der Waals surface area contributed by atoms with E-state index in [4.69, 9.17) is 19.2 Å². The molecule has 1 saturated heterocycles. The van der Waals surface area contributed by atoms with Crippen LogP contribution >= 0.6 is 0 Å². The Bertz CT molecular complexity index is 2200. The number of aryl methyl sites for hydroxylation is 1. The normalized spacial score (nSPS) is 25.6. The molecule has 2 saturated carbocycles. The fraction of sp³-hybridized carbons (Fsp3) is 0.512. The number of amides is 4. The van der Waals surface area contributed by atoms with E-state index in [-0.39, 0.29) is 26.0 Å². The molecule has 2 aromatic carbocycles. The molecule has 14 nitrogen and oxygen atoms in total. The third-order valence-electron chi connectivity index (χ3n) is 11.6. The highest BCUT2D eigenvalue weighted by Gasteiger charge is 2.62. The molecule has 4 bridgehead atoms. The van der Waals surface area contributed by atoms with Crippen molar-refractivity contribution in [3.63, 3.8) is 0 Å². The summed E-state index contributed by atoms with van der Waals surface area (Å²) >= 11 is 0. The van der Waals surface area contributed by atoms with E-state index in [0.717, 1.165) is 42.2 Å². The zero-order valence-corrected chi connectivity index (χ0v) is 34.4. The summed E-state index contributed by atoms with van der Waals surface area (Å²) in [4.78, 5) is 62.4. The number of pyridine rings is 1. The van der Waals surface area contributed by atoms with Crippen LogP contribution in [-0.2, 0) is 35.6 Å². The molecule has 0 spiro atoms. The maximum atomic E-state index is 14.7. The molecular weight excluding hydrogens is 763 g/mol. The van der Waals surface area contributed by atoms with Crippen molar-refractivity contribution in [2.75, 3.05) is 20.3 Å². The lowest BCUT2D eigenvalue weighted by Crippen LogP contribution is -2.60. The summed E-state index contributed by atoms with van der Waals surface area (Å²) in [5.41, 5.74) is 0.775. The third kappa shape index (κ3) is 8.64. The van der Waals surface area contributed by atoms with Crippen molar-refractivity contribution >= 4 is 44.7 Å². The van der Waals surface area contributed by atoms with Crippen LogP contribution in [0.1, 0.15) is 77.7 Å². The van der Waals surface area contributed by atoms with E-state index in [1.807, 2.05) is 69.3 Å². The molecule has 4 amide bonds. The largest absolute Gasteiger partial charge is 0.496 e. The van der Waals surface area contributed by atoms with Gasteiger partial charge in [-0.15, -0.1) is 6.58 Å². The number of methoxy groups -OCH3 is 1. The van der Waals surface area contributed by atoms with Crippen molar-refractivity contribution in [3.05, 3.63) is 66.7 Å². The van der Waals surface area contributed by atoms with Crippen molar-refractivity contribution in [1.82, 2.24) is 25.2 Å². The zero-order valence-electron chi connectivity index (χ0n) is 33.5. The molecule has 2 aliphatic heterocycles. The van der Waals surface area contributed by atoms with Gasteiger partial charge in [-0.2, -0.15) is 0 Å². The van der Waals surface area contributed by atoms with Gasteiger partial charge in [0.15, 0.2) is 0 Å². The first kappa shape index (κ1) is 41.0. The molecule has 3 heterocycles. The van der Waals surface area contributed by atoms with Gasteiger partial charge >= 0.3 is 6.09 Å². The third-order valence-corrected chi connectivity index (χ3v) is 13.4. The Kier molecular flexibility index (Phi) is 11.5. The lowest BCUT2D eigenvalue weighted by Gasteiger charge is -2.35. The number of sulfonamides is 1. The van der Waals surface area contributed by atoms with Crippen LogP contribution in [0, 0.1) is 11.3 Å². The van der Waals surface area contributed by atoms with Gasteiger partial charge in [0.05, 0.1) is 36.7 Å². The topological polar surface area (TPSA) is 182 Å². The Balaban J connectivity index is 1.28. The predicted octanol–water partition coefficient (Wildman–Crippen LogP) is 5.19. The van der Waals surface area contributed by atoms with Crippen LogP contribution in [0.2, 0.25) is 0 Å². The first-order valence-electron chi connectivity index (χ1n) is 20.1. The summed E-state index contributed by atoms with van der Waals surface area (Å²) in [5.74, 6) is -1.35. The zero-order chi connectivity index (χ0) is 41.4. The number of ether oxygens (including phenoxy) is 3. The fourth-order valence-corrected chi connectivity index (χ4v) is 9.35. The summed E-state index contributed by atoms with van der Waals surface area (Å²) in [6, 6.07) is 13.2. The average molecular weight is 816 g/mol. The van der Waals surface area contributed by atoms with Crippen molar-refractivity contribution < 1.29 is 41.8 Å². The highest BCUT2D eigenvalue weighted by molar-refractivity contribution is 7.91. The molecule has 0 unspecified atom stereocenters. The average Bonchev–Trinajstić information content (AvgIpc) is 4.12. The van der Waals surface area contributed by atoms with Gasteiger partial charge in [-0.3, -0.25) is 19.1 Å². The van der Waals surface area contributed by atoms with Crippen LogP contribution in [0.25, 0.3) is 22.2 Å².